The molecule has 3 rings (SSSR count). The van der Waals surface area contributed by atoms with Crippen molar-refractivity contribution in [3.63, 3.8) is 0 Å². The SMILES string of the molecule is Cc1nc(-c2ccc(N/N=C/c3ccncc3)cc2)no1. The second-order valence-corrected chi connectivity index (χ2v) is 4.36. The maximum atomic E-state index is 4.96. The molecule has 0 radical (unpaired) electrons. The van der Waals surface area contributed by atoms with E-state index >= 15 is 0 Å². The molecule has 6 heteroatoms. The molecule has 2 aromatic heterocycles. The summed E-state index contributed by atoms with van der Waals surface area (Å²) in [5, 5.41) is 8.04. The predicted octanol–water partition coefficient (Wildman–Crippen LogP) is 2.89. The van der Waals surface area contributed by atoms with Crippen LogP contribution in [0.5, 0.6) is 0 Å². The number of nitrogens with zero attached hydrogens (tertiary/aromatic N) is 4. The van der Waals surface area contributed by atoms with Crippen LogP contribution in [0.2, 0.25) is 0 Å². The van der Waals surface area contributed by atoms with Crippen LogP contribution in [0.1, 0.15) is 11.5 Å². The highest BCUT2D eigenvalue weighted by atomic mass is 16.5. The lowest BCUT2D eigenvalue weighted by molar-refractivity contribution is 0.394. The summed E-state index contributed by atoms with van der Waals surface area (Å²) in [4.78, 5) is 8.13. The Balaban J connectivity index is 1.66. The highest BCUT2D eigenvalue weighted by molar-refractivity contribution is 5.79. The third-order valence-corrected chi connectivity index (χ3v) is 2.78. The first kappa shape index (κ1) is 13.0. The van der Waals surface area contributed by atoms with E-state index in [1.54, 1.807) is 25.5 Å². The van der Waals surface area contributed by atoms with Gasteiger partial charge in [0.2, 0.25) is 11.7 Å². The van der Waals surface area contributed by atoms with Crippen LogP contribution in [0, 0.1) is 6.92 Å². The molecule has 0 unspecified atom stereocenters. The fourth-order valence-electron chi connectivity index (χ4n) is 1.74. The maximum absolute atomic E-state index is 4.96. The molecular formula is C15H13N5O. The van der Waals surface area contributed by atoms with E-state index in [-0.39, 0.29) is 0 Å². The van der Waals surface area contributed by atoms with Crippen molar-refractivity contribution in [2.75, 3.05) is 5.43 Å². The topological polar surface area (TPSA) is 76.2 Å². The van der Waals surface area contributed by atoms with Crippen LogP contribution in [-0.2, 0) is 0 Å². The van der Waals surface area contributed by atoms with Gasteiger partial charge in [0.15, 0.2) is 0 Å². The zero-order valence-corrected chi connectivity index (χ0v) is 11.4. The predicted molar refractivity (Wildman–Crippen MR) is 79.9 cm³/mol. The van der Waals surface area contributed by atoms with Crippen molar-refractivity contribution in [3.05, 3.63) is 60.2 Å². The van der Waals surface area contributed by atoms with Gasteiger partial charge in [-0.3, -0.25) is 10.4 Å². The summed E-state index contributed by atoms with van der Waals surface area (Å²) in [6.07, 6.45) is 5.18. The molecule has 0 bridgehead atoms. The van der Waals surface area contributed by atoms with E-state index in [0.717, 1.165) is 16.8 Å². The minimum Gasteiger partial charge on any atom is -0.339 e. The molecule has 0 spiro atoms. The van der Waals surface area contributed by atoms with Gasteiger partial charge in [-0.05, 0) is 42.0 Å². The van der Waals surface area contributed by atoms with Crippen LogP contribution in [0.25, 0.3) is 11.4 Å². The number of hydrogen-bond acceptors (Lipinski definition) is 6. The van der Waals surface area contributed by atoms with Crippen molar-refractivity contribution in [2.45, 2.75) is 6.92 Å². The molecule has 1 aromatic carbocycles. The van der Waals surface area contributed by atoms with Crippen molar-refractivity contribution in [3.8, 4) is 11.4 Å². The Bertz CT molecular complexity index is 734. The summed E-state index contributed by atoms with van der Waals surface area (Å²) in [7, 11) is 0. The Morgan fingerprint density at radius 1 is 1.10 bits per heavy atom. The summed E-state index contributed by atoms with van der Waals surface area (Å²) < 4.78 is 4.96. The Labute approximate surface area is 121 Å². The molecule has 0 aliphatic rings. The van der Waals surface area contributed by atoms with Crippen molar-refractivity contribution in [1.82, 2.24) is 15.1 Å². The van der Waals surface area contributed by atoms with Gasteiger partial charge in [-0.2, -0.15) is 10.1 Å². The van der Waals surface area contributed by atoms with E-state index < -0.39 is 0 Å². The van der Waals surface area contributed by atoms with Crippen LogP contribution in [0.15, 0.2) is 58.4 Å². The van der Waals surface area contributed by atoms with Crippen molar-refractivity contribution >= 4 is 11.9 Å². The zero-order chi connectivity index (χ0) is 14.5. The molecule has 0 saturated carbocycles. The fraction of sp³-hybridized carbons (Fsp3) is 0.0667. The minimum absolute atomic E-state index is 0.550. The Hall–Kier alpha value is -3.02. The van der Waals surface area contributed by atoms with Gasteiger partial charge in [0.1, 0.15) is 0 Å². The smallest absolute Gasteiger partial charge is 0.223 e. The summed E-state index contributed by atoms with van der Waals surface area (Å²) in [6.45, 7) is 1.76. The van der Waals surface area contributed by atoms with Gasteiger partial charge in [-0.1, -0.05) is 5.16 Å². The van der Waals surface area contributed by atoms with Gasteiger partial charge < -0.3 is 4.52 Å². The van der Waals surface area contributed by atoms with Crippen molar-refractivity contribution in [2.24, 2.45) is 5.10 Å². The van der Waals surface area contributed by atoms with Crippen LogP contribution in [0.3, 0.4) is 0 Å². The Kier molecular flexibility index (Phi) is 3.68. The molecular weight excluding hydrogens is 266 g/mol. The van der Waals surface area contributed by atoms with Crippen LogP contribution < -0.4 is 5.43 Å². The summed E-state index contributed by atoms with van der Waals surface area (Å²) in [6, 6.07) is 11.4. The van der Waals surface area contributed by atoms with E-state index in [9.17, 15) is 0 Å². The second kappa shape index (κ2) is 5.96. The van der Waals surface area contributed by atoms with E-state index in [0.29, 0.717) is 11.7 Å². The summed E-state index contributed by atoms with van der Waals surface area (Å²) >= 11 is 0. The van der Waals surface area contributed by atoms with Crippen molar-refractivity contribution in [1.29, 1.82) is 0 Å². The van der Waals surface area contributed by atoms with E-state index in [1.165, 1.54) is 0 Å². The Morgan fingerprint density at radius 2 is 1.86 bits per heavy atom. The van der Waals surface area contributed by atoms with Gasteiger partial charge in [0, 0.05) is 24.9 Å². The number of rotatable bonds is 4. The van der Waals surface area contributed by atoms with Crippen LogP contribution in [0.4, 0.5) is 5.69 Å². The lowest BCUT2D eigenvalue weighted by Crippen LogP contribution is -1.91. The fourth-order valence-corrected chi connectivity index (χ4v) is 1.74. The third-order valence-electron chi connectivity index (χ3n) is 2.78. The molecule has 1 N–H and O–H groups in total. The highest BCUT2D eigenvalue weighted by Crippen LogP contribution is 2.18. The molecule has 104 valence electrons. The largest absolute Gasteiger partial charge is 0.339 e. The minimum atomic E-state index is 0.550. The third kappa shape index (κ3) is 3.30. The molecule has 3 aromatic rings. The highest BCUT2D eigenvalue weighted by Gasteiger charge is 2.04. The molecule has 0 fully saturated rings. The molecule has 0 aliphatic heterocycles. The molecule has 0 amide bonds. The quantitative estimate of drug-likeness (QED) is 0.587. The summed E-state index contributed by atoms with van der Waals surface area (Å²) in [5.41, 5.74) is 5.72. The lowest BCUT2D eigenvalue weighted by Gasteiger charge is -2.00. The maximum Gasteiger partial charge on any atom is 0.223 e. The molecule has 0 atom stereocenters. The average Bonchev–Trinajstić information content (AvgIpc) is 2.96. The molecule has 2 heterocycles. The van der Waals surface area contributed by atoms with E-state index in [4.69, 9.17) is 4.52 Å². The van der Waals surface area contributed by atoms with Gasteiger partial charge in [-0.25, -0.2) is 0 Å². The van der Waals surface area contributed by atoms with Crippen molar-refractivity contribution < 1.29 is 4.52 Å². The lowest BCUT2D eigenvalue weighted by atomic mass is 10.2. The van der Waals surface area contributed by atoms with Gasteiger partial charge in [0.05, 0.1) is 11.9 Å². The molecule has 21 heavy (non-hydrogen) atoms. The number of aryl methyl sites for hydroxylation is 1. The first-order valence-electron chi connectivity index (χ1n) is 6.41. The van der Waals surface area contributed by atoms with Gasteiger partial charge in [-0.15, -0.1) is 0 Å². The number of hydrogen-bond donors (Lipinski definition) is 1. The monoisotopic (exact) mass is 279 g/mol. The standard InChI is InChI=1S/C15H13N5O/c1-11-18-15(20-21-11)13-2-4-14(5-3-13)19-17-10-12-6-8-16-9-7-12/h2-10,19H,1H3/b17-10+. The van der Waals surface area contributed by atoms with Gasteiger partial charge in [0.25, 0.3) is 0 Å². The second-order valence-electron chi connectivity index (χ2n) is 4.36. The zero-order valence-electron chi connectivity index (χ0n) is 11.4. The number of nitrogens with one attached hydrogen (secondary N) is 1. The van der Waals surface area contributed by atoms with E-state index in [2.05, 4.69) is 25.7 Å². The number of hydrazone groups is 1. The first-order chi connectivity index (χ1) is 10.3. The summed E-state index contributed by atoms with van der Waals surface area (Å²) in [5.74, 6) is 1.13. The average molecular weight is 279 g/mol. The molecule has 6 nitrogen and oxygen atoms in total. The van der Waals surface area contributed by atoms with Gasteiger partial charge >= 0.3 is 0 Å². The number of benzene rings is 1. The molecule has 0 saturated heterocycles. The van der Waals surface area contributed by atoms with E-state index in [1.807, 2.05) is 36.4 Å². The normalized spacial score (nSPS) is 10.9. The van der Waals surface area contributed by atoms with Crippen LogP contribution >= 0.6 is 0 Å². The van der Waals surface area contributed by atoms with Crippen LogP contribution in [-0.4, -0.2) is 21.3 Å². The molecule has 0 aliphatic carbocycles. The first-order valence-corrected chi connectivity index (χ1v) is 6.41. The number of pyridine rings is 1. The number of aromatic nitrogens is 3. The number of anilines is 1. The Morgan fingerprint density at radius 3 is 2.52 bits per heavy atom.